The molecule has 2 unspecified atom stereocenters. The highest BCUT2D eigenvalue weighted by Gasteiger charge is 2.41. The van der Waals surface area contributed by atoms with Crippen molar-refractivity contribution in [3.05, 3.63) is 117 Å². The molecular weight excluding hydrogens is 649 g/mol. The predicted molar refractivity (Wildman–Crippen MR) is 180 cm³/mol. The Balaban J connectivity index is 1.31. The van der Waals surface area contributed by atoms with Crippen LogP contribution in [0.2, 0.25) is 0 Å². The van der Waals surface area contributed by atoms with Crippen molar-refractivity contribution in [3.63, 3.8) is 0 Å². The second-order valence-corrected chi connectivity index (χ2v) is 12.8. The summed E-state index contributed by atoms with van der Waals surface area (Å²) in [5.41, 5.74) is 5.99. The highest BCUT2D eigenvalue weighted by molar-refractivity contribution is 14.1. The predicted octanol–water partition coefficient (Wildman–Crippen LogP) is 6.80. The Labute approximate surface area is 269 Å². The number of halogens is 1. The van der Waals surface area contributed by atoms with Crippen LogP contribution in [0.3, 0.4) is 0 Å². The number of rotatable bonds is 10. The molecule has 0 radical (unpaired) electrons. The summed E-state index contributed by atoms with van der Waals surface area (Å²) in [6.45, 7) is 7.23. The van der Waals surface area contributed by atoms with E-state index >= 15 is 0 Å². The van der Waals surface area contributed by atoms with Crippen LogP contribution in [-0.2, 0) is 19.7 Å². The molecule has 2 aliphatic rings. The van der Waals surface area contributed by atoms with Crippen LogP contribution in [0.1, 0.15) is 55.7 Å². The van der Waals surface area contributed by atoms with E-state index in [4.69, 9.17) is 9.73 Å². The van der Waals surface area contributed by atoms with E-state index in [2.05, 4.69) is 88.2 Å². The van der Waals surface area contributed by atoms with Gasteiger partial charge in [0, 0.05) is 27.2 Å². The molecule has 43 heavy (non-hydrogen) atoms. The molecule has 1 saturated heterocycles. The van der Waals surface area contributed by atoms with Gasteiger partial charge in [0.25, 0.3) is 0 Å². The summed E-state index contributed by atoms with van der Waals surface area (Å²) in [7, 11) is 1.41. The van der Waals surface area contributed by atoms with E-state index in [9.17, 15) is 9.59 Å². The Hall–Kier alpha value is -3.30. The third-order valence-electron chi connectivity index (χ3n) is 9.15. The van der Waals surface area contributed by atoms with Crippen molar-refractivity contribution in [1.29, 1.82) is 0 Å². The molecule has 0 aliphatic carbocycles. The van der Waals surface area contributed by atoms with Gasteiger partial charge in [-0.3, -0.25) is 14.6 Å². The van der Waals surface area contributed by atoms with Gasteiger partial charge >= 0.3 is 5.97 Å². The number of carbonyl (C=O) groups is 2. The van der Waals surface area contributed by atoms with E-state index in [0.29, 0.717) is 12.3 Å². The number of amides is 1. The van der Waals surface area contributed by atoms with E-state index in [1.54, 1.807) is 4.90 Å². The van der Waals surface area contributed by atoms with Gasteiger partial charge in [-0.25, -0.2) is 0 Å². The first kappa shape index (κ1) is 31.1. The average molecular weight is 690 g/mol. The molecule has 3 aromatic rings. The maximum atomic E-state index is 13.0. The standard InChI is InChI=1S/C36H40IN3O3/c1-26-32(35(42)43-3)33(28-15-17-31(37)18-16-28)34(27(2)38-26)40(25-41)22-10-21-39-23-19-36(20-24-39,29-11-6-4-7-12-29)30-13-8-5-9-14-30/h4-9,11-18,25,32-33H,10,19-24H2,1-3H3. The van der Waals surface area contributed by atoms with Gasteiger partial charge in [-0.15, -0.1) is 0 Å². The molecule has 6 nitrogen and oxygen atoms in total. The lowest BCUT2D eigenvalue weighted by Crippen LogP contribution is -2.44. The summed E-state index contributed by atoms with van der Waals surface area (Å²) in [5.74, 6) is -1.27. The summed E-state index contributed by atoms with van der Waals surface area (Å²) in [6, 6.07) is 29.9. The monoisotopic (exact) mass is 689 g/mol. The van der Waals surface area contributed by atoms with Gasteiger partial charge in [0.05, 0.1) is 18.5 Å². The van der Waals surface area contributed by atoms with E-state index in [0.717, 1.165) is 65.8 Å². The number of carbonyl (C=O) groups excluding carboxylic acids is 2. The van der Waals surface area contributed by atoms with Gasteiger partial charge in [0.2, 0.25) is 6.41 Å². The molecule has 0 bridgehead atoms. The first-order chi connectivity index (χ1) is 20.9. The normalized spacial score (nSPS) is 20.3. The Morgan fingerprint density at radius 1 is 0.977 bits per heavy atom. The van der Waals surface area contributed by atoms with Crippen LogP contribution < -0.4 is 0 Å². The van der Waals surface area contributed by atoms with Crippen molar-refractivity contribution in [2.45, 2.75) is 44.4 Å². The first-order valence-electron chi connectivity index (χ1n) is 15.0. The number of benzene rings is 3. The van der Waals surface area contributed by atoms with Gasteiger partial charge in [-0.05, 0) is 104 Å². The largest absolute Gasteiger partial charge is 0.468 e. The molecule has 2 atom stereocenters. The number of nitrogens with zero attached hydrogens (tertiary/aromatic N) is 3. The van der Waals surface area contributed by atoms with Crippen LogP contribution in [0.5, 0.6) is 0 Å². The number of likely N-dealkylation sites (tertiary alicyclic amines) is 1. The summed E-state index contributed by atoms with van der Waals surface area (Å²) in [5, 5.41) is 0. The van der Waals surface area contributed by atoms with Gasteiger partial charge < -0.3 is 14.5 Å². The lowest BCUT2D eigenvalue weighted by Gasteiger charge is -2.43. The summed E-state index contributed by atoms with van der Waals surface area (Å²) < 4.78 is 6.32. The molecule has 0 spiro atoms. The minimum Gasteiger partial charge on any atom is -0.468 e. The second kappa shape index (κ2) is 14.0. The third kappa shape index (κ3) is 6.63. The van der Waals surface area contributed by atoms with Crippen molar-refractivity contribution >= 4 is 40.7 Å². The Kier molecular flexibility index (Phi) is 10.1. The maximum Gasteiger partial charge on any atom is 0.315 e. The van der Waals surface area contributed by atoms with E-state index < -0.39 is 5.92 Å². The summed E-state index contributed by atoms with van der Waals surface area (Å²) in [4.78, 5) is 34.7. The van der Waals surface area contributed by atoms with Gasteiger partial charge in [-0.1, -0.05) is 72.8 Å². The molecule has 1 fully saturated rings. The molecule has 2 heterocycles. The number of allylic oxidation sites excluding steroid dienone is 2. The highest BCUT2D eigenvalue weighted by atomic mass is 127. The van der Waals surface area contributed by atoms with Crippen molar-refractivity contribution in [2.75, 3.05) is 33.3 Å². The van der Waals surface area contributed by atoms with Crippen LogP contribution in [0.15, 0.2) is 101 Å². The number of piperidine rings is 1. The zero-order chi connectivity index (χ0) is 30.4. The number of ether oxygens (including phenoxy) is 1. The smallest absolute Gasteiger partial charge is 0.315 e. The van der Waals surface area contributed by atoms with Crippen molar-refractivity contribution < 1.29 is 14.3 Å². The van der Waals surface area contributed by atoms with E-state index in [-0.39, 0.29) is 17.3 Å². The van der Waals surface area contributed by atoms with E-state index in [1.807, 2.05) is 38.1 Å². The fourth-order valence-electron chi connectivity index (χ4n) is 6.97. The Bertz CT molecular complexity index is 1420. The molecule has 2 aliphatic heterocycles. The third-order valence-corrected chi connectivity index (χ3v) is 9.87. The molecule has 0 N–H and O–H groups in total. The number of esters is 1. The van der Waals surface area contributed by atoms with Crippen LogP contribution in [0.4, 0.5) is 0 Å². The van der Waals surface area contributed by atoms with E-state index in [1.165, 1.54) is 18.2 Å². The van der Waals surface area contributed by atoms with Crippen molar-refractivity contribution in [3.8, 4) is 0 Å². The molecule has 224 valence electrons. The average Bonchev–Trinajstić information content (AvgIpc) is 3.04. The molecule has 0 saturated carbocycles. The topological polar surface area (TPSA) is 62.2 Å². The van der Waals surface area contributed by atoms with Crippen LogP contribution in [-0.4, -0.2) is 61.2 Å². The molecule has 5 rings (SSSR count). The van der Waals surface area contributed by atoms with Crippen LogP contribution in [0, 0.1) is 9.49 Å². The van der Waals surface area contributed by atoms with Crippen molar-refractivity contribution in [1.82, 2.24) is 9.80 Å². The summed E-state index contributed by atoms with van der Waals surface area (Å²) >= 11 is 2.28. The molecule has 0 aromatic heterocycles. The minimum atomic E-state index is -0.586. The van der Waals surface area contributed by atoms with Gasteiger partial charge in [0.1, 0.15) is 5.92 Å². The molecule has 1 amide bonds. The first-order valence-corrected chi connectivity index (χ1v) is 16.1. The van der Waals surface area contributed by atoms with Gasteiger partial charge in [-0.2, -0.15) is 0 Å². The van der Waals surface area contributed by atoms with Crippen LogP contribution >= 0.6 is 22.6 Å². The molecule has 3 aromatic carbocycles. The Morgan fingerprint density at radius 3 is 2.09 bits per heavy atom. The van der Waals surface area contributed by atoms with Gasteiger partial charge in [0.15, 0.2) is 0 Å². The molecular formula is C36H40IN3O3. The number of aliphatic imine (C=N–C) groups is 1. The number of hydrogen-bond donors (Lipinski definition) is 0. The highest BCUT2D eigenvalue weighted by Crippen LogP contribution is 2.43. The second-order valence-electron chi connectivity index (χ2n) is 11.6. The van der Waals surface area contributed by atoms with Crippen molar-refractivity contribution in [2.24, 2.45) is 10.9 Å². The quantitative estimate of drug-likeness (QED) is 0.134. The minimum absolute atomic E-state index is 0.0113. The fraction of sp³-hybridized carbons (Fsp3) is 0.361. The summed E-state index contributed by atoms with van der Waals surface area (Å²) in [6.07, 6.45) is 3.82. The maximum absolute atomic E-state index is 13.0. The lowest BCUT2D eigenvalue weighted by atomic mass is 9.68. The number of methoxy groups -OCH3 is 1. The zero-order valence-electron chi connectivity index (χ0n) is 25.2. The SMILES string of the molecule is COC(=O)C1C(C)=NC(C)=C(N(C=O)CCCN2CCC(c3ccccc3)(c3ccccc3)CC2)C1c1ccc(I)cc1. The zero-order valence-corrected chi connectivity index (χ0v) is 27.4. The lowest BCUT2D eigenvalue weighted by molar-refractivity contribution is -0.143. The van der Waals surface area contributed by atoms with Crippen LogP contribution in [0.25, 0.3) is 0 Å². The fourth-order valence-corrected chi connectivity index (χ4v) is 7.33. The number of hydrogen-bond acceptors (Lipinski definition) is 5. The Morgan fingerprint density at radius 2 is 1.56 bits per heavy atom. The molecule has 7 heteroatoms.